The van der Waals surface area contributed by atoms with Crippen LogP contribution in [0.25, 0.3) is 11.0 Å². The van der Waals surface area contributed by atoms with Gasteiger partial charge in [0.1, 0.15) is 17.9 Å². The summed E-state index contributed by atoms with van der Waals surface area (Å²) >= 11 is 0. The maximum Gasteiger partial charge on any atom is 0.295 e. The number of rotatable bonds is 0. The summed E-state index contributed by atoms with van der Waals surface area (Å²) in [6, 6.07) is 9.42. The van der Waals surface area contributed by atoms with E-state index in [1.165, 1.54) is 0 Å². The highest BCUT2D eigenvalue weighted by Gasteiger charge is 2.16. The molecule has 4 bridgehead atoms. The maximum atomic E-state index is 10.3. The van der Waals surface area contributed by atoms with Crippen molar-refractivity contribution in [2.75, 3.05) is 18.9 Å². The standard InChI is InChI=1S/C19H20N4O3/c20-18-17-15-11-16(21-18)26-9-4-2-1-3-8-25-14-7-5-6-13(10-14)12-23(15)19(24)22-17/h1,3,5-7,10-11H,2,4,8-9,12H2,(H2,20,21)(H,22,24)/b3-1+. The first-order valence-electron chi connectivity index (χ1n) is 8.56. The Bertz CT molecular complexity index is 965. The van der Waals surface area contributed by atoms with Gasteiger partial charge in [-0.3, -0.25) is 4.57 Å². The topological polar surface area (TPSA) is 95.4 Å². The minimum absolute atomic E-state index is 0.110. The second-order valence-corrected chi connectivity index (χ2v) is 6.13. The predicted molar refractivity (Wildman–Crippen MR) is 98.5 cm³/mol. The Labute approximate surface area is 150 Å². The Morgan fingerprint density at radius 3 is 2.96 bits per heavy atom. The lowest BCUT2D eigenvalue weighted by Crippen LogP contribution is -2.04. The highest BCUT2D eigenvalue weighted by Crippen LogP contribution is 2.29. The predicted octanol–water partition coefficient (Wildman–Crippen LogP) is 2.88. The Kier molecular flexibility index (Phi) is 4.35. The number of nitrogens with two attached hydrogens (primary N) is 1. The highest BCUT2D eigenvalue weighted by molar-refractivity contribution is 5.87. The third-order valence-corrected chi connectivity index (χ3v) is 4.24. The van der Waals surface area contributed by atoms with Crippen molar-refractivity contribution < 1.29 is 14.6 Å². The Balaban J connectivity index is 1.79. The molecule has 7 nitrogen and oxygen atoms in total. The van der Waals surface area contributed by atoms with E-state index in [0.717, 1.165) is 24.2 Å². The Morgan fingerprint density at radius 1 is 1.12 bits per heavy atom. The molecule has 2 aromatic heterocycles. The van der Waals surface area contributed by atoms with Gasteiger partial charge in [-0.15, -0.1) is 0 Å². The summed E-state index contributed by atoms with van der Waals surface area (Å²) in [6.45, 7) is 1.47. The number of hydrogen-bond acceptors (Lipinski definition) is 6. The van der Waals surface area contributed by atoms with Crippen LogP contribution in [0, 0.1) is 0 Å². The van der Waals surface area contributed by atoms with Gasteiger partial charge < -0.3 is 20.3 Å². The van der Waals surface area contributed by atoms with Gasteiger partial charge in [-0.05, 0) is 30.5 Å². The number of fused-ring (bicyclic) bond motifs is 3. The van der Waals surface area contributed by atoms with Crippen molar-refractivity contribution in [3.05, 3.63) is 48.0 Å². The van der Waals surface area contributed by atoms with Gasteiger partial charge in [0.15, 0.2) is 5.82 Å². The zero-order valence-corrected chi connectivity index (χ0v) is 14.3. The van der Waals surface area contributed by atoms with Gasteiger partial charge in [0.05, 0.1) is 18.7 Å². The van der Waals surface area contributed by atoms with Gasteiger partial charge in [-0.1, -0.05) is 24.3 Å². The molecule has 3 N–H and O–H groups in total. The molecule has 7 heteroatoms. The summed E-state index contributed by atoms with van der Waals surface area (Å²) in [4.78, 5) is 8.39. The summed E-state index contributed by atoms with van der Waals surface area (Å²) in [6.07, 6.45) is 5.83. The van der Waals surface area contributed by atoms with Crippen molar-refractivity contribution in [2.45, 2.75) is 19.4 Å². The summed E-state index contributed by atoms with van der Waals surface area (Å²) in [5, 5.41) is 10.3. The fourth-order valence-corrected chi connectivity index (χ4v) is 2.96. The van der Waals surface area contributed by atoms with Gasteiger partial charge in [-0.25, -0.2) is 0 Å². The lowest BCUT2D eigenvalue weighted by molar-refractivity contribution is 0.301. The average molecular weight is 352 g/mol. The van der Waals surface area contributed by atoms with E-state index in [-0.39, 0.29) is 11.8 Å². The highest BCUT2D eigenvalue weighted by atomic mass is 16.5. The lowest BCUT2D eigenvalue weighted by Gasteiger charge is -2.10. The van der Waals surface area contributed by atoms with E-state index in [0.29, 0.717) is 36.7 Å². The SMILES string of the molecule is Nc1nc2cc3c1nc(O)n3Cc1cccc(c1)OC/C=C/CCCO2. The van der Waals surface area contributed by atoms with Crippen LogP contribution in [-0.2, 0) is 6.54 Å². The molecule has 1 aliphatic heterocycles. The molecule has 3 aromatic rings. The molecule has 0 amide bonds. The van der Waals surface area contributed by atoms with E-state index in [2.05, 4.69) is 16.0 Å². The van der Waals surface area contributed by atoms with Crippen LogP contribution < -0.4 is 15.2 Å². The molecule has 0 atom stereocenters. The number of nitrogens with zero attached hydrogens (tertiary/aromatic N) is 3. The number of benzene rings is 1. The van der Waals surface area contributed by atoms with Crippen LogP contribution in [0.15, 0.2) is 42.5 Å². The van der Waals surface area contributed by atoms with E-state index in [1.54, 1.807) is 10.6 Å². The molecule has 1 aliphatic rings. The zero-order chi connectivity index (χ0) is 17.9. The molecule has 1 aromatic carbocycles. The van der Waals surface area contributed by atoms with Crippen LogP contribution in [0.2, 0.25) is 0 Å². The fourth-order valence-electron chi connectivity index (χ4n) is 2.96. The smallest absolute Gasteiger partial charge is 0.295 e. The molecule has 134 valence electrons. The molecule has 3 heterocycles. The molecule has 26 heavy (non-hydrogen) atoms. The molecule has 0 unspecified atom stereocenters. The molecule has 0 spiro atoms. The first kappa shape index (κ1) is 16.3. The van der Waals surface area contributed by atoms with E-state index < -0.39 is 0 Å². The second-order valence-electron chi connectivity index (χ2n) is 6.13. The lowest BCUT2D eigenvalue weighted by atomic mass is 10.2. The molecular weight excluding hydrogens is 332 g/mol. The Hall–Kier alpha value is -3.22. The number of allylic oxidation sites excluding steroid dienone is 1. The number of nitrogen functional groups attached to an aromatic ring is 1. The van der Waals surface area contributed by atoms with Crippen molar-refractivity contribution in [3.8, 4) is 17.6 Å². The van der Waals surface area contributed by atoms with Crippen molar-refractivity contribution in [1.29, 1.82) is 0 Å². The quantitative estimate of drug-likeness (QED) is 0.604. The second kappa shape index (κ2) is 6.95. The molecule has 0 saturated carbocycles. The normalized spacial score (nSPS) is 16.2. The summed E-state index contributed by atoms with van der Waals surface area (Å²) < 4.78 is 13.2. The van der Waals surface area contributed by atoms with Gasteiger partial charge in [-0.2, -0.15) is 9.97 Å². The van der Waals surface area contributed by atoms with Crippen LogP contribution in [-0.4, -0.2) is 32.9 Å². The van der Waals surface area contributed by atoms with Gasteiger partial charge in [0, 0.05) is 6.07 Å². The number of aromatic hydroxyl groups is 1. The number of pyridine rings is 1. The molecule has 4 rings (SSSR count). The third kappa shape index (κ3) is 3.28. The summed E-state index contributed by atoms with van der Waals surface area (Å²) in [5.41, 5.74) is 8.13. The molecule has 0 aliphatic carbocycles. The fraction of sp³-hybridized carbons (Fsp3) is 0.263. The number of aromatic nitrogens is 3. The van der Waals surface area contributed by atoms with Gasteiger partial charge >= 0.3 is 0 Å². The minimum atomic E-state index is -0.110. The molecule has 0 radical (unpaired) electrons. The van der Waals surface area contributed by atoms with Gasteiger partial charge in [0.2, 0.25) is 5.88 Å². The summed E-state index contributed by atoms with van der Waals surface area (Å²) in [5.74, 6) is 1.46. The zero-order valence-electron chi connectivity index (χ0n) is 14.3. The first-order valence-corrected chi connectivity index (χ1v) is 8.56. The van der Waals surface area contributed by atoms with Crippen LogP contribution in [0.3, 0.4) is 0 Å². The third-order valence-electron chi connectivity index (χ3n) is 4.24. The number of hydrogen-bond donors (Lipinski definition) is 2. The molecular formula is C19H20N4O3. The molecule has 0 fully saturated rings. The van der Waals surface area contributed by atoms with Crippen molar-refractivity contribution >= 4 is 16.9 Å². The van der Waals surface area contributed by atoms with Gasteiger partial charge in [0.25, 0.3) is 6.01 Å². The van der Waals surface area contributed by atoms with E-state index >= 15 is 0 Å². The maximum absolute atomic E-state index is 10.3. The van der Waals surface area contributed by atoms with E-state index in [4.69, 9.17) is 15.2 Å². The number of ether oxygens (including phenoxy) is 2. The van der Waals surface area contributed by atoms with Crippen molar-refractivity contribution in [3.63, 3.8) is 0 Å². The van der Waals surface area contributed by atoms with Crippen LogP contribution in [0.5, 0.6) is 17.6 Å². The van der Waals surface area contributed by atoms with E-state index in [9.17, 15) is 5.11 Å². The number of imidazole rings is 1. The van der Waals surface area contributed by atoms with Crippen LogP contribution in [0.1, 0.15) is 18.4 Å². The molecule has 0 saturated heterocycles. The summed E-state index contributed by atoms with van der Waals surface area (Å²) in [7, 11) is 0. The monoisotopic (exact) mass is 352 g/mol. The first-order chi connectivity index (χ1) is 12.7. The van der Waals surface area contributed by atoms with Crippen molar-refractivity contribution in [2.24, 2.45) is 0 Å². The average Bonchev–Trinajstić information content (AvgIpc) is 2.93. The largest absolute Gasteiger partial charge is 0.490 e. The van der Waals surface area contributed by atoms with Crippen LogP contribution in [0.4, 0.5) is 5.82 Å². The van der Waals surface area contributed by atoms with E-state index in [1.807, 2.05) is 30.3 Å². The van der Waals surface area contributed by atoms with Crippen LogP contribution >= 0.6 is 0 Å². The minimum Gasteiger partial charge on any atom is -0.490 e. The Morgan fingerprint density at radius 2 is 2.04 bits per heavy atom. The van der Waals surface area contributed by atoms with Crippen molar-refractivity contribution in [1.82, 2.24) is 14.5 Å². The number of anilines is 1.